The maximum Gasteiger partial charge on any atom is 0.243 e. The maximum absolute atomic E-state index is 13.4. The second-order valence-corrected chi connectivity index (χ2v) is 9.58. The van der Waals surface area contributed by atoms with Crippen LogP contribution in [-0.4, -0.2) is 43.2 Å². The van der Waals surface area contributed by atoms with Gasteiger partial charge in [-0.15, -0.1) is 0 Å². The van der Waals surface area contributed by atoms with Gasteiger partial charge in [-0.25, -0.2) is 8.42 Å². The van der Waals surface area contributed by atoms with Crippen LogP contribution in [0, 0.1) is 6.92 Å². The fraction of sp³-hybridized carbons (Fsp3) is 0.409. The van der Waals surface area contributed by atoms with Gasteiger partial charge in [-0.3, -0.25) is 4.79 Å². The Kier molecular flexibility index (Phi) is 5.25. The topological polar surface area (TPSA) is 57.7 Å². The molecule has 0 spiro atoms. The average molecular weight is 399 g/mol. The summed E-state index contributed by atoms with van der Waals surface area (Å²) in [6, 6.07) is 14.4. The van der Waals surface area contributed by atoms with Crippen molar-refractivity contribution in [2.45, 2.75) is 43.5 Å². The van der Waals surface area contributed by atoms with Crippen molar-refractivity contribution < 1.29 is 13.2 Å². The van der Waals surface area contributed by atoms with Gasteiger partial charge in [-0.2, -0.15) is 4.31 Å². The molecule has 0 unspecified atom stereocenters. The summed E-state index contributed by atoms with van der Waals surface area (Å²) in [6.07, 6.45) is 2.91. The van der Waals surface area contributed by atoms with Crippen molar-refractivity contribution in [3.63, 3.8) is 0 Å². The Morgan fingerprint density at radius 1 is 1.00 bits per heavy atom. The molecule has 0 N–H and O–H groups in total. The van der Waals surface area contributed by atoms with Crippen LogP contribution >= 0.6 is 0 Å². The number of benzene rings is 2. The summed E-state index contributed by atoms with van der Waals surface area (Å²) in [6.45, 7) is 3.88. The Bertz CT molecular complexity index is 964. The molecule has 0 saturated carbocycles. The summed E-state index contributed by atoms with van der Waals surface area (Å²) < 4.78 is 28.4. The highest BCUT2D eigenvalue weighted by Crippen LogP contribution is 2.37. The lowest BCUT2D eigenvalue weighted by atomic mass is 9.92. The molecular weight excluding hydrogens is 372 g/mol. The summed E-state index contributed by atoms with van der Waals surface area (Å²) in [5.74, 6) is 0.0447. The van der Waals surface area contributed by atoms with Gasteiger partial charge >= 0.3 is 0 Å². The Morgan fingerprint density at radius 3 is 2.39 bits per heavy atom. The number of carbonyl (C=O) groups excluding carboxylic acids is 1. The van der Waals surface area contributed by atoms with Crippen LogP contribution < -0.4 is 0 Å². The minimum atomic E-state index is -3.68. The first-order chi connectivity index (χ1) is 13.5. The van der Waals surface area contributed by atoms with Crippen molar-refractivity contribution in [2.75, 3.05) is 19.6 Å². The molecule has 28 heavy (non-hydrogen) atoms. The number of amides is 1. The van der Waals surface area contributed by atoms with E-state index >= 15 is 0 Å². The average Bonchev–Trinajstić information content (AvgIpc) is 3.23. The van der Waals surface area contributed by atoms with Crippen LogP contribution in [0.1, 0.15) is 42.0 Å². The highest BCUT2D eigenvalue weighted by Gasteiger charge is 2.38. The molecule has 148 valence electrons. The van der Waals surface area contributed by atoms with E-state index in [0.29, 0.717) is 13.0 Å². The van der Waals surface area contributed by atoms with Crippen LogP contribution in [0.3, 0.4) is 0 Å². The second kappa shape index (κ2) is 7.68. The van der Waals surface area contributed by atoms with Crippen molar-refractivity contribution in [3.05, 3.63) is 65.2 Å². The van der Waals surface area contributed by atoms with Gasteiger partial charge in [0.1, 0.15) is 0 Å². The highest BCUT2D eigenvalue weighted by molar-refractivity contribution is 7.89. The smallest absolute Gasteiger partial charge is 0.243 e. The monoisotopic (exact) mass is 398 g/mol. The number of likely N-dealkylation sites (tertiary alicyclic amines) is 1. The fourth-order valence-corrected chi connectivity index (χ4v) is 5.84. The summed E-state index contributed by atoms with van der Waals surface area (Å²) >= 11 is 0. The highest BCUT2D eigenvalue weighted by atomic mass is 32.2. The number of rotatable bonds is 4. The largest absolute Gasteiger partial charge is 0.343 e. The molecule has 1 amide bonds. The van der Waals surface area contributed by atoms with Crippen molar-refractivity contribution >= 4 is 15.9 Å². The SMILES string of the molecule is Cc1ccc(S(=O)(=O)N2CCc3ccccc3[C@H]2CC(=O)N2CCCC2)cc1. The molecule has 1 fully saturated rings. The second-order valence-electron chi connectivity index (χ2n) is 7.69. The van der Waals surface area contributed by atoms with E-state index in [4.69, 9.17) is 0 Å². The molecule has 0 aliphatic carbocycles. The molecule has 0 bridgehead atoms. The first-order valence-electron chi connectivity index (χ1n) is 9.91. The van der Waals surface area contributed by atoms with Crippen LogP contribution in [0.5, 0.6) is 0 Å². The minimum Gasteiger partial charge on any atom is -0.343 e. The van der Waals surface area contributed by atoms with Gasteiger partial charge in [-0.05, 0) is 49.4 Å². The summed E-state index contributed by atoms with van der Waals surface area (Å²) in [7, 11) is -3.68. The third-order valence-electron chi connectivity index (χ3n) is 5.82. The molecule has 4 rings (SSSR count). The lowest BCUT2D eigenvalue weighted by Gasteiger charge is -2.36. The maximum atomic E-state index is 13.4. The molecule has 1 saturated heterocycles. The van der Waals surface area contributed by atoms with Crippen LogP contribution in [0.25, 0.3) is 0 Å². The van der Waals surface area contributed by atoms with E-state index in [1.54, 1.807) is 12.1 Å². The molecule has 2 aromatic carbocycles. The molecule has 2 aliphatic rings. The Hall–Kier alpha value is -2.18. The van der Waals surface area contributed by atoms with E-state index in [0.717, 1.165) is 42.6 Å². The van der Waals surface area contributed by atoms with Crippen molar-refractivity contribution in [1.29, 1.82) is 0 Å². The number of carbonyl (C=O) groups is 1. The van der Waals surface area contributed by atoms with Gasteiger partial charge in [0.25, 0.3) is 0 Å². The lowest BCUT2D eigenvalue weighted by molar-refractivity contribution is -0.131. The quantitative estimate of drug-likeness (QED) is 0.794. The normalized spacial score (nSPS) is 20.2. The van der Waals surface area contributed by atoms with Gasteiger partial charge in [-0.1, -0.05) is 42.0 Å². The zero-order chi connectivity index (χ0) is 19.7. The van der Waals surface area contributed by atoms with Crippen molar-refractivity contribution in [3.8, 4) is 0 Å². The fourth-order valence-electron chi connectivity index (χ4n) is 4.23. The molecular formula is C22H26N2O3S. The molecule has 0 aromatic heterocycles. The summed E-state index contributed by atoms with van der Waals surface area (Å²) in [4.78, 5) is 15.0. The number of hydrogen-bond donors (Lipinski definition) is 0. The number of nitrogens with zero attached hydrogens (tertiary/aromatic N) is 2. The van der Waals surface area contributed by atoms with Gasteiger partial charge in [0.05, 0.1) is 10.9 Å². The zero-order valence-electron chi connectivity index (χ0n) is 16.2. The van der Waals surface area contributed by atoms with Gasteiger partial charge in [0, 0.05) is 26.1 Å². The molecule has 2 aromatic rings. The van der Waals surface area contributed by atoms with E-state index in [1.807, 2.05) is 48.2 Å². The third-order valence-corrected chi connectivity index (χ3v) is 7.74. The molecule has 2 aliphatic heterocycles. The van der Waals surface area contributed by atoms with Gasteiger partial charge in [0.2, 0.25) is 15.9 Å². The minimum absolute atomic E-state index is 0.0447. The van der Waals surface area contributed by atoms with E-state index in [9.17, 15) is 13.2 Å². The Balaban J connectivity index is 1.70. The number of fused-ring (bicyclic) bond motifs is 1. The molecule has 1 atom stereocenters. The van der Waals surface area contributed by atoms with E-state index < -0.39 is 16.1 Å². The third kappa shape index (κ3) is 3.59. The Labute approximate surface area is 167 Å². The molecule has 0 radical (unpaired) electrons. The van der Waals surface area contributed by atoms with Gasteiger partial charge < -0.3 is 4.90 Å². The van der Waals surface area contributed by atoms with Crippen molar-refractivity contribution in [2.24, 2.45) is 0 Å². The van der Waals surface area contributed by atoms with Gasteiger partial charge in [0.15, 0.2) is 0 Å². The standard InChI is InChI=1S/C22H26N2O3S/c1-17-8-10-19(11-9-17)28(26,27)24-15-12-18-6-2-3-7-20(18)21(24)16-22(25)23-13-4-5-14-23/h2-3,6-11,21H,4-5,12-16H2,1H3/t21-/m1/s1. The van der Waals surface area contributed by atoms with Crippen LogP contribution in [-0.2, 0) is 21.2 Å². The first kappa shape index (κ1) is 19.2. The lowest BCUT2D eigenvalue weighted by Crippen LogP contribution is -2.42. The van der Waals surface area contributed by atoms with E-state index in [-0.39, 0.29) is 17.2 Å². The number of sulfonamides is 1. The predicted molar refractivity (Wildman–Crippen MR) is 108 cm³/mol. The summed E-state index contributed by atoms with van der Waals surface area (Å²) in [5.41, 5.74) is 3.11. The first-order valence-corrected chi connectivity index (χ1v) is 11.3. The zero-order valence-corrected chi connectivity index (χ0v) is 17.0. The molecule has 6 heteroatoms. The van der Waals surface area contributed by atoms with Crippen molar-refractivity contribution in [1.82, 2.24) is 9.21 Å². The predicted octanol–water partition coefficient (Wildman–Crippen LogP) is 3.30. The number of aryl methyl sites for hydroxylation is 1. The molecule has 5 nitrogen and oxygen atoms in total. The van der Waals surface area contributed by atoms with Crippen LogP contribution in [0.2, 0.25) is 0 Å². The van der Waals surface area contributed by atoms with E-state index in [1.165, 1.54) is 4.31 Å². The van der Waals surface area contributed by atoms with Crippen LogP contribution in [0.4, 0.5) is 0 Å². The van der Waals surface area contributed by atoms with Crippen LogP contribution in [0.15, 0.2) is 53.4 Å². The Morgan fingerprint density at radius 2 is 1.68 bits per heavy atom. The summed E-state index contributed by atoms with van der Waals surface area (Å²) in [5, 5.41) is 0. The van der Waals surface area contributed by atoms with E-state index in [2.05, 4.69) is 0 Å². The molecule has 2 heterocycles. The number of hydrogen-bond acceptors (Lipinski definition) is 3.